The van der Waals surface area contributed by atoms with E-state index in [0.29, 0.717) is 16.6 Å². The van der Waals surface area contributed by atoms with Crippen molar-refractivity contribution >= 4 is 28.8 Å². The number of anilines is 1. The monoisotopic (exact) mass is 401 g/mol. The van der Waals surface area contributed by atoms with E-state index in [1.807, 2.05) is 54.6 Å². The summed E-state index contributed by atoms with van der Waals surface area (Å²) in [4.78, 5) is 10.1. The van der Waals surface area contributed by atoms with Crippen molar-refractivity contribution in [1.29, 1.82) is 0 Å². The Hall–Kier alpha value is -3.12. The summed E-state index contributed by atoms with van der Waals surface area (Å²) >= 11 is 5.69. The van der Waals surface area contributed by atoms with Crippen LogP contribution >= 0.6 is 12.2 Å². The summed E-state index contributed by atoms with van der Waals surface area (Å²) in [5.74, 6) is 2.01. The molecule has 0 aliphatic carbocycles. The number of aryl methyl sites for hydroxylation is 2. The minimum absolute atomic E-state index is 0.576. The number of hydrogen-bond donors (Lipinski definition) is 1. The highest BCUT2D eigenvalue weighted by atomic mass is 32.1. The van der Waals surface area contributed by atoms with Crippen molar-refractivity contribution in [1.82, 2.24) is 19.6 Å². The van der Waals surface area contributed by atoms with Gasteiger partial charge in [0.2, 0.25) is 0 Å². The van der Waals surface area contributed by atoms with Gasteiger partial charge >= 0.3 is 0 Å². The molecule has 0 saturated heterocycles. The molecule has 0 radical (unpaired) electrons. The van der Waals surface area contributed by atoms with Gasteiger partial charge in [-0.2, -0.15) is 9.50 Å². The largest absolute Gasteiger partial charge is 0.331 e. The van der Waals surface area contributed by atoms with Crippen LogP contribution in [-0.4, -0.2) is 24.6 Å². The number of fused-ring (bicyclic) bond motifs is 1. The summed E-state index contributed by atoms with van der Waals surface area (Å²) in [7, 11) is 0. The molecule has 5 nitrogen and oxygen atoms in total. The lowest BCUT2D eigenvalue weighted by atomic mass is 10.1. The second kappa shape index (κ2) is 8.49. The second-order valence-electron chi connectivity index (χ2n) is 7.02. The summed E-state index contributed by atoms with van der Waals surface area (Å²) in [6.07, 6.45) is 3.08. The standard InChI is InChI=1S/C23H23N5S/c1-3-4-13-18-15-20(25-22(29)19-14-9-8-10-16(19)2)28-23(24-18)26-21(27-28)17-11-6-5-7-12-17/h5-12,14-15H,3-4,13H2,1-2H3,(H,25,29). The van der Waals surface area contributed by atoms with Gasteiger partial charge in [0.1, 0.15) is 10.8 Å². The fourth-order valence-electron chi connectivity index (χ4n) is 3.21. The van der Waals surface area contributed by atoms with E-state index in [1.165, 1.54) is 0 Å². The average molecular weight is 402 g/mol. The number of aromatic nitrogens is 4. The lowest BCUT2D eigenvalue weighted by Crippen LogP contribution is -2.15. The molecule has 0 atom stereocenters. The Balaban J connectivity index is 1.76. The predicted molar refractivity (Wildman–Crippen MR) is 121 cm³/mol. The number of rotatable bonds is 6. The fraction of sp³-hybridized carbons (Fsp3) is 0.217. The van der Waals surface area contributed by atoms with E-state index in [-0.39, 0.29) is 0 Å². The van der Waals surface area contributed by atoms with Crippen molar-refractivity contribution in [2.45, 2.75) is 33.1 Å². The molecule has 1 N–H and O–H groups in total. The van der Waals surface area contributed by atoms with Crippen LogP contribution in [0.2, 0.25) is 0 Å². The summed E-state index contributed by atoms with van der Waals surface area (Å²) in [5, 5.41) is 8.07. The first-order valence-corrected chi connectivity index (χ1v) is 10.3. The quantitative estimate of drug-likeness (QED) is 0.448. The Labute approximate surface area is 175 Å². The molecule has 29 heavy (non-hydrogen) atoms. The van der Waals surface area contributed by atoms with E-state index in [4.69, 9.17) is 22.3 Å². The number of nitrogens with one attached hydrogen (secondary N) is 1. The first kappa shape index (κ1) is 19.2. The maximum Gasteiger partial charge on any atom is 0.254 e. The van der Waals surface area contributed by atoms with Gasteiger partial charge in [-0.1, -0.05) is 80.2 Å². The molecule has 2 aromatic heterocycles. The summed E-state index contributed by atoms with van der Waals surface area (Å²) in [5.41, 5.74) is 4.08. The molecule has 2 heterocycles. The first-order chi connectivity index (χ1) is 14.2. The molecule has 2 aromatic carbocycles. The lowest BCUT2D eigenvalue weighted by molar-refractivity contribution is 0.772. The van der Waals surface area contributed by atoms with E-state index in [1.54, 1.807) is 4.52 Å². The third-order valence-corrected chi connectivity index (χ3v) is 5.14. The van der Waals surface area contributed by atoms with E-state index < -0.39 is 0 Å². The van der Waals surface area contributed by atoms with Crippen LogP contribution in [0.4, 0.5) is 5.82 Å². The van der Waals surface area contributed by atoms with E-state index in [9.17, 15) is 0 Å². The molecular formula is C23H23N5S. The topological polar surface area (TPSA) is 55.1 Å². The lowest BCUT2D eigenvalue weighted by Gasteiger charge is -2.12. The van der Waals surface area contributed by atoms with Crippen LogP contribution in [0.5, 0.6) is 0 Å². The van der Waals surface area contributed by atoms with Crippen molar-refractivity contribution in [3.63, 3.8) is 0 Å². The smallest absolute Gasteiger partial charge is 0.254 e. The van der Waals surface area contributed by atoms with Crippen LogP contribution in [-0.2, 0) is 6.42 Å². The van der Waals surface area contributed by atoms with Gasteiger partial charge in [-0.3, -0.25) is 0 Å². The van der Waals surface area contributed by atoms with Crippen molar-refractivity contribution < 1.29 is 0 Å². The Morgan fingerprint density at radius 2 is 1.79 bits per heavy atom. The molecule has 4 aromatic rings. The van der Waals surface area contributed by atoms with Crippen LogP contribution in [0.3, 0.4) is 0 Å². The van der Waals surface area contributed by atoms with Gasteiger partial charge in [-0.05, 0) is 25.3 Å². The van der Waals surface area contributed by atoms with Crippen LogP contribution in [0, 0.1) is 6.92 Å². The molecule has 0 aliphatic heterocycles. The van der Waals surface area contributed by atoms with Crippen molar-refractivity contribution in [3.05, 3.63) is 77.5 Å². The summed E-state index contributed by atoms with van der Waals surface area (Å²) in [6.45, 7) is 4.23. The SMILES string of the molecule is CCCCc1cc(NC(=S)c2ccccc2C)n2nc(-c3ccccc3)nc2n1. The average Bonchev–Trinajstić information content (AvgIpc) is 3.18. The number of nitrogens with zero attached hydrogens (tertiary/aromatic N) is 4. The highest BCUT2D eigenvalue weighted by Gasteiger charge is 2.14. The van der Waals surface area contributed by atoms with Gasteiger partial charge in [-0.15, -0.1) is 5.10 Å². The number of benzene rings is 2. The highest BCUT2D eigenvalue weighted by molar-refractivity contribution is 7.81. The van der Waals surface area contributed by atoms with Crippen molar-refractivity contribution in [2.24, 2.45) is 0 Å². The van der Waals surface area contributed by atoms with Gasteiger partial charge < -0.3 is 5.32 Å². The van der Waals surface area contributed by atoms with Crippen molar-refractivity contribution in [3.8, 4) is 11.4 Å². The number of unbranched alkanes of at least 4 members (excludes halogenated alkanes) is 1. The molecule has 0 bridgehead atoms. The third-order valence-electron chi connectivity index (χ3n) is 4.81. The normalized spacial score (nSPS) is 11.0. The Morgan fingerprint density at radius 1 is 1.03 bits per heavy atom. The second-order valence-corrected chi connectivity index (χ2v) is 7.43. The molecule has 0 aliphatic rings. The van der Waals surface area contributed by atoms with Gasteiger partial charge in [0, 0.05) is 22.9 Å². The van der Waals surface area contributed by atoms with Crippen LogP contribution in [0.25, 0.3) is 17.2 Å². The van der Waals surface area contributed by atoms with Gasteiger partial charge in [0.05, 0.1) is 0 Å². The highest BCUT2D eigenvalue weighted by Crippen LogP contribution is 2.20. The van der Waals surface area contributed by atoms with Crippen LogP contribution in [0.15, 0.2) is 60.7 Å². The van der Waals surface area contributed by atoms with Gasteiger partial charge in [0.15, 0.2) is 5.82 Å². The molecular weight excluding hydrogens is 378 g/mol. The molecule has 0 saturated carbocycles. The minimum Gasteiger partial charge on any atom is -0.331 e. The zero-order chi connectivity index (χ0) is 20.2. The van der Waals surface area contributed by atoms with Crippen LogP contribution < -0.4 is 5.32 Å². The van der Waals surface area contributed by atoms with Crippen LogP contribution in [0.1, 0.15) is 36.6 Å². The molecule has 0 amide bonds. The maximum atomic E-state index is 5.69. The van der Waals surface area contributed by atoms with E-state index in [2.05, 4.69) is 30.2 Å². The molecule has 0 unspecified atom stereocenters. The van der Waals surface area contributed by atoms with Gasteiger partial charge in [0.25, 0.3) is 5.78 Å². The zero-order valence-corrected chi connectivity index (χ0v) is 17.4. The predicted octanol–water partition coefficient (Wildman–Crippen LogP) is 5.23. The summed E-state index contributed by atoms with van der Waals surface area (Å²) < 4.78 is 1.74. The van der Waals surface area contributed by atoms with E-state index in [0.717, 1.165) is 47.5 Å². The maximum absolute atomic E-state index is 5.69. The molecule has 0 spiro atoms. The first-order valence-electron chi connectivity index (χ1n) is 9.85. The number of hydrogen-bond acceptors (Lipinski definition) is 4. The minimum atomic E-state index is 0.576. The molecule has 0 fully saturated rings. The number of thiocarbonyl (C=S) groups is 1. The third kappa shape index (κ3) is 4.17. The zero-order valence-electron chi connectivity index (χ0n) is 16.6. The molecule has 4 rings (SSSR count). The summed E-state index contributed by atoms with van der Waals surface area (Å²) in [6, 6.07) is 20.0. The van der Waals surface area contributed by atoms with Gasteiger partial charge in [-0.25, -0.2) is 4.98 Å². The molecule has 146 valence electrons. The fourth-order valence-corrected chi connectivity index (χ4v) is 3.55. The molecule has 6 heteroatoms. The Morgan fingerprint density at radius 3 is 2.55 bits per heavy atom. The Kier molecular flexibility index (Phi) is 5.62. The van der Waals surface area contributed by atoms with Crippen molar-refractivity contribution in [2.75, 3.05) is 5.32 Å². The van der Waals surface area contributed by atoms with E-state index >= 15 is 0 Å². The Bertz CT molecular complexity index is 1150.